The van der Waals surface area contributed by atoms with Crippen molar-refractivity contribution < 1.29 is 4.74 Å². The largest absolute Gasteiger partial charge is 0.496 e. The maximum Gasteiger partial charge on any atom is 0.124 e. The lowest BCUT2D eigenvalue weighted by Crippen LogP contribution is -2.35. The Balaban J connectivity index is 1.69. The van der Waals surface area contributed by atoms with E-state index in [1.807, 2.05) is 6.20 Å². The van der Waals surface area contributed by atoms with Gasteiger partial charge >= 0.3 is 0 Å². The smallest absolute Gasteiger partial charge is 0.124 e. The Morgan fingerprint density at radius 1 is 1.21 bits per heavy atom. The molecule has 1 aliphatic rings. The van der Waals surface area contributed by atoms with Crippen LogP contribution in [0.1, 0.15) is 42.5 Å². The van der Waals surface area contributed by atoms with Crippen molar-refractivity contribution in [3.63, 3.8) is 0 Å². The van der Waals surface area contributed by atoms with E-state index in [9.17, 15) is 0 Å². The average molecular weight is 395 g/mol. The van der Waals surface area contributed by atoms with Crippen molar-refractivity contribution in [1.29, 1.82) is 0 Å². The summed E-state index contributed by atoms with van der Waals surface area (Å²) in [5.74, 6) is 1.76. The number of ether oxygens (including phenoxy) is 1. The Morgan fingerprint density at radius 2 is 2.00 bits per heavy atom. The number of aromatic nitrogens is 1. The molecule has 0 radical (unpaired) electrons. The Hall–Kier alpha value is -1.91. The second kappa shape index (κ2) is 8.22. The van der Waals surface area contributed by atoms with Crippen LogP contribution in [0.15, 0.2) is 47.5 Å². The fourth-order valence-corrected chi connectivity index (χ4v) is 4.94. The van der Waals surface area contributed by atoms with Crippen LogP contribution < -0.4 is 4.74 Å². The van der Waals surface area contributed by atoms with Crippen molar-refractivity contribution >= 4 is 22.7 Å². The van der Waals surface area contributed by atoms with Crippen LogP contribution in [0.2, 0.25) is 0 Å². The number of nitrogens with one attached hydrogen (secondary N) is 1. The minimum absolute atomic E-state index is 0.458. The van der Waals surface area contributed by atoms with Crippen LogP contribution in [0, 0.1) is 12.8 Å². The zero-order valence-electron chi connectivity index (χ0n) is 17.3. The van der Waals surface area contributed by atoms with E-state index < -0.39 is 0 Å². The van der Waals surface area contributed by atoms with Crippen LogP contribution in [-0.4, -0.2) is 29.8 Å². The molecule has 0 aliphatic carbocycles. The molecule has 28 heavy (non-hydrogen) atoms. The van der Waals surface area contributed by atoms with Crippen molar-refractivity contribution in [2.75, 3.05) is 19.9 Å². The van der Waals surface area contributed by atoms with Crippen molar-refractivity contribution in [3.05, 3.63) is 59.3 Å². The lowest BCUT2D eigenvalue weighted by molar-refractivity contribution is 0.110. The second-order valence-electron chi connectivity index (χ2n) is 8.03. The third-order valence-corrected chi connectivity index (χ3v) is 6.91. The van der Waals surface area contributed by atoms with Gasteiger partial charge in [-0.1, -0.05) is 19.1 Å². The highest BCUT2D eigenvalue weighted by Gasteiger charge is 2.29. The summed E-state index contributed by atoms with van der Waals surface area (Å²) >= 11 is 1.80. The number of benzene rings is 2. The number of methoxy groups -OCH3 is 1. The number of likely N-dealkylation sites (tertiary alicyclic amines) is 1. The summed E-state index contributed by atoms with van der Waals surface area (Å²) in [6, 6.07) is 14.0. The number of fused-ring (bicyclic) bond motifs is 1. The molecular formula is C24H30N2OS. The van der Waals surface area contributed by atoms with E-state index in [-0.39, 0.29) is 0 Å². The highest BCUT2D eigenvalue weighted by atomic mass is 32.2. The van der Waals surface area contributed by atoms with Gasteiger partial charge in [-0.05, 0) is 73.9 Å². The van der Waals surface area contributed by atoms with E-state index in [1.165, 1.54) is 45.3 Å². The predicted octanol–water partition coefficient (Wildman–Crippen LogP) is 6.18. The van der Waals surface area contributed by atoms with Crippen LogP contribution in [-0.2, 0) is 6.54 Å². The molecule has 1 aromatic heterocycles. The summed E-state index contributed by atoms with van der Waals surface area (Å²) in [5, 5.41) is 1.28. The zero-order chi connectivity index (χ0) is 19.7. The third kappa shape index (κ3) is 3.68. The number of aryl methyl sites for hydroxylation is 1. The number of thioether (sulfide) groups is 1. The lowest BCUT2D eigenvalue weighted by Gasteiger charge is -2.39. The fourth-order valence-electron chi connectivity index (χ4n) is 4.54. The molecule has 0 bridgehead atoms. The molecule has 1 fully saturated rings. The molecule has 0 saturated carbocycles. The summed E-state index contributed by atoms with van der Waals surface area (Å²) in [6.45, 7) is 6.57. The standard InChI is InChI=1S/C24H30N2OS/c1-16-10-12-26(22(13-16)18-5-7-19(28-4)8-6-18)15-21-20-9-11-25-24(20)17(2)14-23(21)27-3/h5-9,11,14,16,22,25H,10,12-13,15H2,1-4H3. The molecule has 4 rings (SSSR count). The van der Waals surface area contributed by atoms with Gasteiger partial charge in [-0.15, -0.1) is 11.8 Å². The lowest BCUT2D eigenvalue weighted by atomic mass is 9.87. The van der Waals surface area contributed by atoms with Gasteiger partial charge in [0, 0.05) is 40.1 Å². The number of aromatic amines is 1. The van der Waals surface area contributed by atoms with Crippen molar-refractivity contribution in [1.82, 2.24) is 9.88 Å². The molecule has 2 unspecified atom stereocenters. The van der Waals surface area contributed by atoms with Gasteiger partial charge in [-0.3, -0.25) is 4.90 Å². The molecule has 148 valence electrons. The molecule has 2 heterocycles. The quantitative estimate of drug-likeness (QED) is 0.524. The molecule has 2 atom stereocenters. The Labute approximate surface area is 172 Å². The van der Waals surface area contributed by atoms with Crippen LogP contribution in [0.5, 0.6) is 5.75 Å². The average Bonchev–Trinajstić information content (AvgIpc) is 3.21. The molecule has 3 aromatic rings. The third-order valence-electron chi connectivity index (χ3n) is 6.17. The Bertz CT molecular complexity index is 947. The van der Waals surface area contributed by atoms with Crippen molar-refractivity contribution in [2.24, 2.45) is 5.92 Å². The first-order chi connectivity index (χ1) is 13.6. The Kier molecular flexibility index (Phi) is 5.70. The Morgan fingerprint density at radius 3 is 2.71 bits per heavy atom. The van der Waals surface area contributed by atoms with E-state index in [2.05, 4.69) is 66.4 Å². The summed E-state index contributed by atoms with van der Waals surface area (Å²) in [5.41, 5.74) is 5.18. The molecule has 0 spiro atoms. The van der Waals surface area contributed by atoms with Gasteiger partial charge in [0.05, 0.1) is 7.11 Å². The van der Waals surface area contributed by atoms with Gasteiger partial charge in [-0.25, -0.2) is 0 Å². The van der Waals surface area contributed by atoms with Crippen LogP contribution >= 0.6 is 11.8 Å². The van der Waals surface area contributed by atoms with Crippen LogP contribution in [0.3, 0.4) is 0 Å². The highest BCUT2D eigenvalue weighted by Crippen LogP contribution is 2.38. The van der Waals surface area contributed by atoms with E-state index in [4.69, 9.17) is 4.74 Å². The minimum Gasteiger partial charge on any atom is -0.496 e. The summed E-state index contributed by atoms with van der Waals surface area (Å²) in [4.78, 5) is 7.38. The zero-order valence-corrected chi connectivity index (χ0v) is 18.1. The number of hydrogen-bond donors (Lipinski definition) is 1. The van der Waals surface area contributed by atoms with Gasteiger partial charge in [0.25, 0.3) is 0 Å². The molecule has 1 aliphatic heterocycles. The molecular weight excluding hydrogens is 364 g/mol. The first kappa shape index (κ1) is 19.4. The number of nitrogens with zero attached hydrogens (tertiary/aromatic N) is 1. The normalized spacial score (nSPS) is 20.6. The van der Waals surface area contributed by atoms with E-state index in [0.29, 0.717) is 6.04 Å². The topological polar surface area (TPSA) is 28.3 Å². The maximum atomic E-state index is 5.79. The SMILES string of the molecule is COc1cc(C)c2[nH]ccc2c1CN1CCC(C)CC1c1ccc(SC)cc1. The van der Waals surface area contributed by atoms with E-state index in [1.54, 1.807) is 18.9 Å². The van der Waals surface area contributed by atoms with Crippen molar-refractivity contribution in [3.8, 4) is 5.75 Å². The molecule has 3 nitrogen and oxygen atoms in total. The number of rotatable bonds is 5. The van der Waals surface area contributed by atoms with Crippen molar-refractivity contribution in [2.45, 2.75) is 44.2 Å². The fraction of sp³-hybridized carbons (Fsp3) is 0.417. The van der Waals surface area contributed by atoms with Gasteiger partial charge in [0.2, 0.25) is 0 Å². The first-order valence-corrected chi connectivity index (χ1v) is 11.3. The molecule has 4 heteroatoms. The number of hydrogen-bond acceptors (Lipinski definition) is 3. The van der Waals surface area contributed by atoms with E-state index in [0.717, 1.165) is 24.8 Å². The summed E-state index contributed by atoms with van der Waals surface area (Å²) in [6.07, 6.45) is 6.64. The minimum atomic E-state index is 0.458. The monoisotopic (exact) mass is 394 g/mol. The second-order valence-corrected chi connectivity index (χ2v) is 8.91. The molecule has 2 aromatic carbocycles. The molecule has 1 saturated heterocycles. The molecule has 0 amide bonds. The molecule has 1 N–H and O–H groups in total. The maximum absolute atomic E-state index is 5.79. The van der Waals surface area contributed by atoms with Gasteiger partial charge in [0.1, 0.15) is 5.75 Å². The highest BCUT2D eigenvalue weighted by molar-refractivity contribution is 7.98. The summed E-state index contributed by atoms with van der Waals surface area (Å²) < 4.78 is 5.79. The number of H-pyrrole nitrogens is 1. The first-order valence-electron chi connectivity index (χ1n) is 10.1. The van der Waals surface area contributed by atoms with Crippen LogP contribution in [0.25, 0.3) is 10.9 Å². The van der Waals surface area contributed by atoms with Gasteiger partial charge in [0.15, 0.2) is 0 Å². The van der Waals surface area contributed by atoms with Gasteiger partial charge < -0.3 is 9.72 Å². The number of piperidine rings is 1. The predicted molar refractivity (Wildman–Crippen MR) is 119 cm³/mol. The van der Waals surface area contributed by atoms with Crippen LogP contribution in [0.4, 0.5) is 0 Å². The van der Waals surface area contributed by atoms with Gasteiger partial charge in [-0.2, -0.15) is 0 Å². The van der Waals surface area contributed by atoms with E-state index >= 15 is 0 Å². The summed E-state index contributed by atoms with van der Waals surface area (Å²) in [7, 11) is 1.79.